The summed E-state index contributed by atoms with van der Waals surface area (Å²) in [6.45, 7) is 3.78. The molecule has 2 saturated heterocycles. The zero-order valence-corrected chi connectivity index (χ0v) is 9.19. The van der Waals surface area contributed by atoms with E-state index >= 15 is 0 Å². The van der Waals surface area contributed by atoms with Crippen LogP contribution in [0, 0.1) is 5.41 Å². The van der Waals surface area contributed by atoms with E-state index in [1.54, 1.807) is 0 Å². The molecule has 2 heterocycles. The number of ether oxygens (including phenoxy) is 1. The fraction of sp³-hybridized carbons (Fsp3) is 1.00. The van der Waals surface area contributed by atoms with Crippen molar-refractivity contribution in [2.24, 2.45) is 5.41 Å². The average molecular weight is 215 g/mol. The molecule has 15 heavy (non-hydrogen) atoms. The second-order valence-electron chi connectivity index (χ2n) is 4.91. The molecule has 2 aliphatic rings. The molecular formula is C11H21NO3. The van der Waals surface area contributed by atoms with Crippen molar-refractivity contribution in [2.45, 2.75) is 25.3 Å². The molecule has 0 aliphatic carbocycles. The summed E-state index contributed by atoms with van der Waals surface area (Å²) < 4.78 is 5.38. The van der Waals surface area contributed by atoms with E-state index in [0.29, 0.717) is 12.6 Å². The number of hydrogen-bond donors (Lipinski definition) is 2. The van der Waals surface area contributed by atoms with Crippen molar-refractivity contribution >= 4 is 0 Å². The fourth-order valence-corrected chi connectivity index (χ4v) is 2.69. The summed E-state index contributed by atoms with van der Waals surface area (Å²) in [7, 11) is 0. The Morgan fingerprint density at radius 2 is 2.27 bits per heavy atom. The van der Waals surface area contributed by atoms with Gasteiger partial charge in [-0.1, -0.05) is 0 Å². The van der Waals surface area contributed by atoms with Gasteiger partial charge in [-0.05, 0) is 25.8 Å². The van der Waals surface area contributed by atoms with Gasteiger partial charge in [-0.2, -0.15) is 0 Å². The Morgan fingerprint density at radius 1 is 1.40 bits per heavy atom. The highest BCUT2D eigenvalue weighted by Crippen LogP contribution is 2.31. The van der Waals surface area contributed by atoms with Gasteiger partial charge in [0.25, 0.3) is 0 Å². The molecule has 0 saturated carbocycles. The van der Waals surface area contributed by atoms with Gasteiger partial charge >= 0.3 is 0 Å². The van der Waals surface area contributed by atoms with Crippen molar-refractivity contribution in [1.82, 2.24) is 4.90 Å². The quantitative estimate of drug-likeness (QED) is 0.684. The Balaban J connectivity index is 1.94. The molecule has 0 aromatic heterocycles. The molecular weight excluding hydrogens is 194 g/mol. The molecule has 2 rings (SSSR count). The van der Waals surface area contributed by atoms with Gasteiger partial charge in [-0.3, -0.25) is 4.90 Å². The lowest BCUT2D eigenvalue weighted by molar-refractivity contribution is 0.0427. The van der Waals surface area contributed by atoms with E-state index in [9.17, 15) is 10.2 Å². The van der Waals surface area contributed by atoms with Crippen molar-refractivity contribution in [1.29, 1.82) is 0 Å². The molecule has 0 bridgehead atoms. The van der Waals surface area contributed by atoms with Crippen LogP contribution in [0.1, 0.15) is 19.3 Å². The maximum atomic E-state index is 9.47. The van der Waals surface area contributed by atoms with Crippen molar-refractivity contribution in [3.8, 4) is 0 Å². The molecule has 0 aromatic rings. The molecule has 0 amide bonds. The molecule has 2 unspecified atom stereocenters. The van der Waals surface area contributed by atoms with E-state index in [1.165, 1.54) is 0 Å². The van der Waals surface area contributed by atoms with Crippen LogP contribution in [0.4, 0.5) is 0 Å². The van der Waals surface area contributed by atoms with Gasteiger partial charge in [-0.25, -0.2) is 0 Å². The van der Waals surface area contributed by atoms with Gasteiger partial charge in [0.2, 0.25) is 0 Å². The highest BCUT2D eigenvalue weighted by atomic mass is 16.5. The van der Waals surface area contributed by atoms with E-state index in [2.05, 4.69) is 4.90 Å². The third kappa shape index (κ3) is 2.33. The molecule has 2 atom stereocenters. The van der Waals surface area contributed by atoms with Gasteiger partial charge < -0.3 is 14.9 Å². The maximum absolute atomic E-state index is 9.47. The normalized spacial score (nSPS) is 37.6. The van der Waals surface area contributed by atoms with Crippen LogP contribution in [0.15, 0.2) is 0 Å². The monoisotopic (exact) mass is 215 g/mol. The second kappa shape index (κ2) is 4.78. The van der Waals surface area contributed by atoms with Gasteiger partial charge in [0.1, 0.15) is 0 Å². The number of rotatable bonds is 4. The smallest absolute Gasteiger partial charge is 0.0586 e. The third-order valence-electron chi connectivity index (χ3n) is 3.77. The largest absolute Gasteiger partial charge is 0.396 e. The van der Waals surface area contributed by atoms with E-state index < -0.39 is 0 Å². The Labute approximate surface area is 90.8 Å². The summed E-state index contributed by atoms with van der Waals surface area (Å²) in [5, 5.41) is 18.7. The molecule has 88 valence electrons. The summed E-state index contributed by atoms with van der Waals surface area (Å²) in [6, 6.07) is 0.300. The summed E-state index contributed by atoms with van der Waals surface area (Å²) in [6.07, 6.45) is 3.19. The molecule has 0 aromatic carbocycles. The minimum Gasteiger partial charge on any atom is -0.396 e. The lowest BCUT2D eigenvalue weighted by Crippen LogP contribution is -2.44. The Kier molecular flexibility index (Phi) is 3.61. The first-order valence-electron chi connectivity index (χ1n) is 5.83. The van der Waals surface area contributed by atoms with Crippen molar-refractivity contribution in [3.05, 3.63) is 0 Å². The van der Waals surface area contributed by atoms with Crippen molar-refractivity contribution < 1.29 is 14.9 Å². The lowest BCUT2D eigenvalue weighted by Gasteiger charge is -2.33. The van der Waals surface area contributed by atoms with Crippen molar-refractivity contribution in [3.63, 3.8) is 0 Å². The van der Waals surface area contributed by atoms with Gasteiger partial charge in [0.15, 0.2) is 0 Å². The molecule has 4 heteroatoms. The van der Waals surface area contributed by atoms with Gasteiger partial charge in [0, 0.05) is 24.6 Å². The molecule has 0 radical (unpaired) electrons. The van der Waals surface area contributed by atoms with Crippen LogP contribution in [-0.4, -0.2) is 60.7 Å². The maximum Gasteiger partial charge on any atom is 0.0586 e. The second-order valence-corrected chi connectivity index (χ2v) is 4.91. The Bertz CT molecular complexity index is 204. The van der Waals surface area contributed by atoms with E-state index in [0.717, 1.165) is 39.0 Å². The van der Waals surface area contributed by atoms with Crippen LogP contribution in [0.25, 0.3) is 0 Å². The summed E-state index contributed by atoms with van der Waals surface area (Å²) in [4.78, 5) is 2.31. The molecule has 0 spiro atoms. The SMILES string of the molecule is OCC1CCCN1CC1(CO)CCOC1. The minimum atomic E-state index is -0.0717. The molecule has 4 nitrogen and oxygen atoms in total. The average Bonchev–Trinajstić information content (AvgIpc) is 2.88. The summed E-state index contributed by atoms with van der Waals surface area (Å²) in [5.74, 6) is 0. The predicted octanol–water partition coefficient (Wildman–Crippen LogP) is -0.158. The predicted molar refractivity (Wildman–Crippen MR) is 56.6 cm³/mol. The van der Waals surface area contributed by atoms with Crippen molar-refractivity contribution in [2.75, 3.05) is 39.5 Å². The van der Waals surface area contributed by atoms with E-state index in [4.69, 9.17) is 4.74 Å². The standard InChI is InChI=1S/C11H21NO3/c13-6-10-2-1-4-12(10)7-11(8-14)3-5-15-9-11/h10,13-14H,1-9H2. The number of nitrogens with zero attached hydrogens (tertiary/aromatic N) is 1. The highest BCUT2D eigenvalue weighted by Gasteiger charge is 2.38. The number of aliphatic hydroxyl groups is 2. The molecule has 2 N–H and O–H groups in total. The number of likely N-dealkylation sites (tertiary alicyclic amines) is 1. The highest BCUT2D eigenvalue weighted by molar-refractivity contribution is 4.90. The first kappa shape index (κ1) is 11.3. The minimum absolute atomic E-state index is 0.0717. The number of hydrogen-bond acceptors (Lipinski definition) is 4. The lowest BCUT2D eigenvalue weighted by atomic mass is 9.87. The van der Waals surface area contributed by atoms with Gasteiger partial charge in [0.05, 0.1) is 19.8 Å². The van der Waals surface area contributed by atoms with Crippen LogP contribution in [-0.2, 0) is 4.74 Å². The zero-order valence-electron chi connectivity index (χ0n) is 9.19. The summed E-state index contributed by atoms with van der Waals surface area (Å²) >= 11 is 0. The zero-order chi connectivity index (χ0) is 10.7. The van der Waals surface area contributed by atoms with Crippen LogP contribution in [0.2, 0.25) is 0 Å². The third-order valence-corrected chi connectivity index (χ3v) is 3.77. The van der Waals surface area contributed by atoms with E-state index in [-0.39, 0.29) is 18.6 Å². The number of aliphatic hydroxyl groups excluding tert-OH is 2. The Hall–Kier alpha value is -0.160. The van der Waals surface area contributed by atoms with Crippen LogP contribution < -0.4 is 0 Å². The van der Waals surface area contributed by atoms with Gasteiger partial charge in [-0.15, -0.1) is 0 Å². The molecule has 2 fully saturated rings. The first-order valence-corrected chi connectivity index (χ1v) is 5.83. The van der Waals surface area contributed by atoms with Crippen LogP contribution >= 0.6 is 0 Å². The molecule has 2 aliphatic heterocycles. The van der Waals surface area contributed by atoms with E-state index in [1.807, 2.05) is 0 Å². The van der Waals surface area contributed by atoms with Crippen LogP contribution in [0.3, 0.4) is 0 Å². The first-order chi connectivity index (χ1) is 7.29. The summed E-state index contributed by atoms with van der Waals surface area (Å²) in [5.41, 5.74) is -0.0717. The Morgan fingerprint density at radius 3 is 2.87 bits per heavy atom. The van der Waals surface area contributed by atoms with Crippen LogP contribution in [0.5, 0.6) is 0 Å². The topological polar surface area (TPSA) is 52.9 Å². The fourth-order valence-electron chi connectivity index (χ4n) is 2.69.